The van der Waals surface area contributed by atoms with Crippen LogP contribution in [0.3, 0.4) is 0 Å². The molecule has 4 heteroatoms. The summed E-state index contributed by atoms with van der Waals surface area (Å²) in [7, 11) is 0. The zero-order valence-corrected chi connectivity index (χ0v) is 19.3. The lowest BCUT2D eigenvalue weighted by atomic mass is 9.87. The molecule has 1 aliphatic carbocycles. The van der Waals surface area contributed by atoms with E-state index in [4.69, 9.17) is 0 Å². The maximum Gasteiger partial charge on any atom is 0.232 e. The van der Waals surface area contributed by atoms with E-state index >= 15 is 0 Å². The average molecular weight is 432 g/mol. The summed E-state index contributed by atoms with van der Waals surface area (Å²) in [6.45, 7) is 6.44. The predicted molar refractivity (Wildman–Crippen MR) is 131 cm³/mol. The molecule has 2 aromatic rings. The van der Waals surface area contributed by atoms with E-state index in [2.05, 4.69) is 63.6 Å². The van der Waals surface area contributed by atoms with Crippen LogP contribution < -0.4 is 5.32 Å². The van der Waals surface area contributed by atoms with Crippen LogP contribution in [0.4, 0.5) is 5.69 Å². The molecule has 4 nitrogen and oxygen atoms in total. The highest BCUT2D eigenvalue weighted by molar-refractivity contribution is 6.03. The van der Waals surface area contributed by atoms with E-state index < -0.39 is 0 Å². The maximum atomic E-state index is 12.9. The first-order chi connectivity index (χ1) is 15.8. The van der Waals surface area contributed by atoms with E-state index in [0.717, 1.165) is 51.4 Å². The highest BCUT2D eigenvalue weighted by atomic mass is 16.2. The predicted octanol–water partition coefficient (Wildman–Crippen LogP) is 5.37. The molecule has 0 bridgehead atoms. The van der Waals surface area contributed by atoms with E-state index in [1.165, 1.54) is 55.2 Å². The molecule has 5 rings (SSSR count). The second-order valence-corrected chi connectivity index (χ2v) is 9.93. The fourth-order valence-electron chi connectivity index (χ4n) is 5.92. The van der Waals surface area contributed by atoms with E-state index in [-0.39, 0.29) is 11.8 Å². The molecule has 0 aromatic heterocycles. The fourth-order valence-corrected chi connectivity index (χ4v) is 5.92. The maximum absolute atomic E-state index is 12.9. The molecule has 3 aliphatic rings. The molecule has 1 atom stereocenters. The third-order valence-electron chi connectivity index (χ3n) is 7.81. The van der Waals surface area contributed by atoms with Gasteiger partial charge in [0.25, 0.3) is 0 Å². The zero-order chi connectivity index (χ0) is 21.8. The van der Waals surface area contributed by atoms with E-state index in [9.17, 15) is 4.79 Å². The number of piperazine rings is 1. The molecule has 1 unspecified atom stereocenters. The number of benzene rings is 2. The van der Waals surface area contributed by atoms with Gasteiger partial charge in [-0.3, -0.25) is 9.69 Å². The Morgan fingerprint density at radius 3 is 2.22 bits per heavy atom. The molecular weight excluding hydrogens is 394 g/mol. The second kappa shape index (κ2) is 10.2. The van der Waals surface area contributed by atoms with Crippen LogP contribution in [0.2, 0.25) is 0 Å². The average Bonchev–Trinajstić information content (AvgIpc) is 2.98. The molecular formula is C28H37N3O. The largest absolute Gasteiger partial charge is 0.325 e. The van der Waals surface area contributed by atoms with Crippen LogP contribution in [0.5, 0.6) is 0 Å². The Balaban J connectivity index is 1.17. The summed E-state index contributed by atoms with van der Waals surface area (Å²) >= 11 is 0. The molecule has 2 aliphatic heterocycles. The minimum absolute atomic E-state index is 0.0121. The van der Waals surface area contributed by atoms with Gasteiger partial charge in [-0.25, -0.2) is 0 Å². The van der Waals surface area contributed by atoms with Crippen molar-refractivity contribution in [2.45, 2.75) is 63.3 Å². The van der Waals surface area contributed by atoms with Crippen molar-refractivity contribution >= 4 is 11.6 Å². The van der Waals surface area contributed by atoms with Gasteiger partial charge in [0, 0.05) is 38.4 Å². The van der Waals surface area contributed by atoms with Crippen molar-refractivity contribution in [2.75, 3.05) is 38.0 Å². The molecule has 32 heavy (non-hydrogen) atoms. The van der Waals surface area contributed by atoms with Crippen molar-refractivity contribution in [1.29, 1.82) is 0 Å². The standard InChI is InChI=1S/C28H37N3O/c32-28-26(15-16-30-17-19-31(20-18-30)21-22-9-4-3-5-10-22)25-14-8-13-24(27(25)29-28)23-11-6-1-2-7-12-23/h3-5,8-10,13-14,23,26H,1-2,6-7,11-12,15-21H2,(H,29,32). The number of anilines is 1. The van der Waals surface area contributed by atoms with Crippen molar-refractivity contribution in [2.24, 2.45) is 0 Å². The van der Waals surface area contributed by atoms with Crippen molar-refractivity contribution in [3.63, 3.8) is 0 Å². The lowest BCUT2D eigenvalue weighted by molar-refractivity contribution is -0.117. The van der Waals surface area contributed by atoms with Gasteiger partial charge in [-0.2, -0.15) is 0 Å². The Bertz CT molecular complexity index is 896. The van der Waals surface area contributed by atoms with Gasteiger partial charge in [0.1, 0.15) is 0 Å². The number of carbonyl (C=O) groups excluding carboxylic acids is 1. The lowest BCUT2D eigenvalue weighted by Gasteiger charge is -2.35. The minimum atomic E-state index is 0.0121. The third-order valence-corrected chi connectivity index (χ3v) is 7.81. The Hall–Kier alpha value is -2.17. The molecule has 0 radical (unpaired) electrons. The van der Waals surface area contributed by atoms with Gasteiger partial charge in [-0.15, -0.1) is 0 Å². The molecule has 1 N–H and O–H groups in total. The van der Waals surface area contributed by atoms with Gasteiger partial charge in [-0.05, 0) is 48.4 Å². The smallest absolute Gasteiger partial charge is 0.232 e. The molecule has 0 spiro atoms. The molecule has 1 saturated heterocycles. The number of hydrogen-bond donors (Lipinski definition) is 1. The quantitative estimate of drug-likeness (QED) is 0.625. The first-order valence-electron chi connectivity index (χ1n) is 12.7. The van der Waals surface area contributed by atoms with Crippen LogP contribution in [0.25, 0.3) is 0 Å². The SMILES string of the molecule is O=C1Nc2c(C3CCCCCC3)cccc2C1CCN1CCN(Cc2ccccc2)CC1. The highest BCUT2D eigenvalue weighted by Gasteiger charge is 2.34. The topological polar surface area (TPSA) is 35.6 Å². The molecule has 2 aromatic carbocycles. The monoisotopic (exact) mass is 431 g/mol. The minimum Gasteiger partial charge on any atom is -0.325 e. The van der Waals surface area contributed by atoms with E-state index in [0.29, 0.717) is 5.92 Å². The van der Waals surface area contributed by atoms with Crippen LogP contribution in [-0.2, 0) is 11.3 Å². The zero-order valence-electron chi connectivity index (χ0n) is 19.3. The molecule has 1 saturated carbocycles. The summed E-state index contributed by atoms with van der Waals surface area (Å²) in [4.78, 5) is 18.0. The number of carbonyl (C=O) groups is 1. The molecule has 170 valence electrons. The Kier molecular flexibility index (Phi) is 6.89. The highest BCUT2D eigenvalue weighted by Crippen LogP contribution is 2.43. The van der Waals surface area contributed by atoms with Crippen LogP contribution in [0, 0.1) is 0 Å². The summed E-state index contributed by atoms with van der Waals surface area (Å²) in [5.74, 6) is 0.839. The van der Waals surface area contributed by atoms with E-state index in [1.54, 1.807) is 0 Å². The molecule has 2 fully saturated rings. The Morgan fingerprint density at radius 2 is 1.47 bits per heavy atom. The summed E-state index contributed by atoms with van der Waals surface area (Å²) in [6.07, 6.45) is 8.82. The van der Waals surface area contributed by atoms with Gasteiger partial charge in [0.05, 0.1) is 5.92 Å². The molecule has 2 heterocycles. The first-order valence-corrected chi connectivity index (χ1v) is 12.7. The van der Waals surface area contributed by atoms with Gasteiger partial charge >= 0.3 is 0 Å². The van der Waals surface area contributed by atoms with Crippen molar-refractivity contribution < 1.29 is 4.79 Å². The van der Waals surface area contributed by atoms with Gasteiger partial charge in [0.2, 0.25) is 5.91 Å². The van der Waals surface area contributed by atoms with Gasteiger partial charge in [-0.1, -0.05) is 74.2 Å². The number of hydrogen-bond acceptors (Lipinski definition) is 3. The summed E-state index contributed by atoms with van der Waals surface area (Å²) in [5, 5.41) is 3.29. The summed E-state index contributed by atoms with van der Waals surface area (Å²) < 4.78 is 0. The summed E-state index contributed by atoms with van der Waals surface area (Å²) in [6, 6.07) is 17.4. The second-order valence-electron chi connectivity index (χ2n) is 9.93. The lowest BCUT2D eigenvalue weighted by Crippen LogP contribution is -2.46. The number of fused-ring (bicyclic) bond motifs is 1. The number of nitrogens with one attached hydrogen (secondary N) is 1. The number of para-hydroxylation sites is 1. The number of amides is 1. The van der Waals surface area contributed by atoms with Crippen LogP contribution in [0.1, 0.15) is 73.5 Å². The van der Waals surface area contributed by atoms with E-state index in [1.807, 2.05) is 0 Å². The van der Waals surface area contributed by atoms with Crippen molar-refractivity contribution in [1.82, 2.24) is 9.80 Å². The Morgan fingerprint density at radius 1 is 0.781 bits per heavy atom. The first kappa shape index (κ1) is 21.7. The van der Waals surface area contributed by atoms with Crippen LogP contribution in [0.15, 0.2) is 48.5 Å². The van der Waals surface area contributed by atoms with Crippen LogP contribution >= 0.6 is 0 Å². The van der Waals surface area contributed by atoms with Crippen molar-refractivity contribution in [3.05, 3.63) is 65.2 Å². The van der Waals surface area contributed by atoms with Gasteiger partial charge < -0.3 is 10.2 Å². The van der Waals surface area contributed by atoms with Gasteiger partial charge in [0.15, 0.2) is 0 Å². The normalized spacial score (nSPS) is 23.0. The van der Waals surface area contributed by atoms with Crippen molar-refractivity contribution in [3.8, 4) is 0 Å². The number of nitrogens with zero attached hydrogens (tertiary/aromatic N) is 2. The Labute approximate surface area is 193 Å². The third kappa shape index (κ3) is 4.92. The summed E-state index contributed by atoms with van der Waals surface area (Å²) in [5.41, 5.74) is 5.20. The fraction of sp³-hybridized carbons (Fsp3) is 0.536. The number of rotatable bonds is 6. The van der Waals surface area contributed by atoms with Crippen LogP contribution in [-0.4, -0.2) is 48.4 Å². The molecule has 1 amide bonds.